The number of benzene rings is 1. The molecule has 7 heteroatoms. The van der Waals surface area contributed by atoms with E-state index in [1.54, 1.807) is 12.3 Å². The number of nitrogens with zero attached hydrogens (tertiary/aromatic N) is 2. The highest BCUT2D eigenvalue weighted by molar-refractivity contribution is 8.00. The number of thioether (sulfide) groups is 1. The number of para-hydroxylation sites is 1. The number of H-pyrrole nitrogens is 1. The molecule has 0 bridgehead atoms. The van der Waals surface area contributed by atoms with Crippen LogP contribution < -0.4 is 5.32 Å². The Morgan fingerprint density at radius 1 is 1.28 bits per heavy atom. The smallest absolute Gasteiger partial charge is 0.237 e. The Labute approximate surface area is 155 Å². The summed E-state index contributed by atoms with van der Waals surface area (Å²) in [5.74, 6) is 0.273. The molecule has 2 aromatic heterocycles. The van der Waals surface area contributed by atoms with Crippen molar-refractivity contribution in [1.82, 2.24) is 15.0 Å². The van der Waals surface area contributed by atoms with Gasteiger partial charge in [0, 0.05) is 11.9 Å². The number of imidazole rings is 1. The van der Waals surface area contributed by atoms with E-state index in [9.17, 15) is 4.79 Å². The number of aromatic amines is 1. The molecule has 1 amide bonds. The molecule has 1 atom stereocenters. The number of carbonyl (C=O) groups excluding carboxylic acids is 1. The summed E-state index contributed by atoms with van der Waals surface area (Å²) in [5, 5.41) is 3.90. The van der Waals surface area contributed by atoms with Crippen LogP contribution in [-0.4, -0.2) is 26.1 Å². The predicted octanol–water partition coefficient (Wildman–Crippen LogP) is 4.85. The zero-order valence-electron chi connectivity index (χ0n) is 14.2. The van der Waals surface area contributed by atoms with Gasteiger partial charge in [-0.3, -0.25) is 4.79 Å². The van der Waals surface area contributed by atoms with Crippen molar-refractivity contribution in [1.29, 1.82) is 0 Å². The molecule has 5 nitrogen and oxygen atoms in total. The maximum absolute atomic E-state index is 12.6. The fourth-order valence-electron chi connectivity index (χ4n) is 2.48. The van der Waals surface area contributed by atoms with E-state index in [0.717, 1.165) is 16.8 Å². The predicted molar refractivity (Wildman–Crippen MR) is 103 cm³/mol. The first-order chi connectivity index (χ1) is 11.9. The summed E-state index contributed by atoms with van der Waals surface area (Å²) in [6.07, 6.45) is 1.55. The van der Waals surface area contributed by atoms with E-state index in [1.807, 2.05) is 31.2 Å². The van der Waals surface area contributed by atoms with Gasteiger partial charge in [-0.25, -0.2) is 9.97 Å². The molecule has 0 unspecified atom stereocenters. The van der Waals surface area contributed by atoms with Crippen LogP contribution in [0.15, 0.2) is 41.7 Å². The highest BCUT2D eigenvalue weighted by Gasteiger charge is 2.18. The molecule has 130 valence electrons. The summed E-state index contributed by atoms with van der Waals surface area (Å²) in [7, 11) is 0. The monoisotopic (exact) mass is 374 g/mol. The minimum absolute atomic E-state index is 0.0652. The van der Waals surface area contributed by atoms with Gasteiger partial charge in [0.25, 0.3) is 0 Å². The van der Waals surface area contributed by atoms with Gasteiger partial charge in [0.15, 0.2) is 10.8 Å². The third kappa shape index (κ3) is 4.14. The number of hydrogen-bond donors (Lipinski definition) is 2. The Morgan fingerprint density at radius 2 is 2.04 bits per heavy atom. The quantitative estimate of drug-likeness (QED) is 0.626. The van der Waals surface area contributed by atoms with Gasteiger partial charge in [0.1, 0.15) is 0 Å². The lowest BCUT2D eigenvalue weighted by Gasteiger charge is -2.15. The molecule has 3 rings (SSSR count). The Hall–Kier alpha value is -2.05. The second-order valence-electron chi connectivity index (χ2n) is 6.06. The summed E-state index contributed by atoms with van der Waals surface area (Å²) in [6.45, 7) is 6.07. The molecule has 0 aliphatic heterocycles. The van der Waals surface area contributed by atoms with Crippen LogP contribution in [0.1, 0.15) is 32.3 Å². The van der Waals surface area contributed by atoms with Gasteiger partial charge in [0.05, 0.1) is 15.8 Å². The Kier molecular flexibility index (Phi) is 5.30. The third-order valence-corrected chi connectivity index (χ3v) is 4.97. The number of aromatic nitrogens is 3. The van der Waals surface area contributed by atoms with Crippen molar-refractivity contribution < 1.29 is 4.79 Å². The molecule has 0 spiro atoms. The first kappa shape index (κ1) is 17.8. The van der Waals surface area contributed by atoms with Crippen molar-refractivity contribution >= 4 is 46.1 Å². The molecule has 0 aliphatic rings. The molecule has 0 fully saturated rings. The van der Waals surface area contributed by atoms with Gasteiger partial charge in [-0.1, -0.05) is 55.4 Å². The number of hydrogen-bond acceptors (Lipinski definition) is 4. The SMILES string of the molecule is CC(C)c1ccccc1NC(=O)[C@@H](C)Sc1nc2ncc(Cl)cc2[nH]1. The number of anilines is 1. The van der Waals surface area contributed by atoms with Crippen molar-refractivity contribution in [2.24, 2.45) is 0 Å². The first-order valence-corrected chi connectivity index (χ1v) is 9.27. The summed E-state index contributed by atoms with van der Waals surface area (Å²) < 4.78 is 0. The maximum atomic E-state index is 12.6. The van der Waals surface area contributed by atoms with Crippen molar-refractivity contribution in [3.63, 3.8) is 0 Å². The second-order valence-corrected chi connectivity index (χ2v) is 7.82. The van der Waals surface area contributed by atoms with Crippen LogP contribution in [0.4, 0.5) is 5.69 Å². The standard InChI is InChI=1S/C18H19ClN4OS/c1-10(2)13-6-4-5-7-14(13)21-17(24)11(3)25-18-22-15-8-12(19)9-20-16(15)23-18/h4-11H,1-3H3,(H,21,24)(H,20,22,23)/t11-/m1/s1. The highest BCUT2D eigenvalue weighted by Crippen LogP contribution is 2.27. The van der Waals surface area contributed by atoms with Gasteiger partial charge in [0.2, 0.25) is 5.91 Å². The van der Waals surface area contributed by atoms with E-state index in [1.165, 1.54) is 11.8 Å². The third-order valence-electron chi connectivity index (χ3n) is 3.78. The highest BCUT2D eigenvalue weighted by atomic mass is 35.5. The molecular formula is C18H19ClN4OS. The molecular weight excluding hydrogens is 356 g/mol. The van der Waals surface area contributed by atoms with E-state index in [-0.39, 0.29) is 11.2 Å². The van der Waals surface area contributed by atoms with Crippen molar-refractivity contribution in [2.75, 3.05) is 5.32 Å². The minimum Gasteiger partial charge on any atom is -0.331 e. The summed E-state index contributed by atoms with van der Waals surface area (Å²) >= 11 is 7.29. The van der Waals surface area contributed by atoms with Crippen LogP contribution in [0.5, 0.6) is 0 Å². The van der Waals surface area contributed by atoms with E-state index in [2.05, 4.69) is 34.1 Å². The van der Waals surface area contributed by atoms with Gasteiger partial charge in [-0.15, -0.1) is 0 Å². The van der Waals surface area contributed by atoms with Crippen LogP contribution in [0.25, 0.3) is 11.2 Å². The molecule has 25 heavy (non-hydrogen) atoms. The van der Waals surface area contributed by atoms with Crippen molar-refractivity contribution in [2.45, 2.75) is 37.1 Å². The molecule has 0 saturated carbocycles. The maximum Gasteiger partial charge on any atom is 0.237 e. The zero-order chi connectivity index (χ0) is 18.0. The van der Waals surface area contributed by atoms with Crippen molar-refractivity contribution in [3.05, 3.63) is 47.1 Å². The summed E-state index contributed by atoms with van der Waals surface area (Å²) in [6, 6.07) is 9.64. The minimum atomic E-state index is -0.309. The average Bonchev–Trinajstić information content (AvgIpc) is 2.96. The number of halogens is 1. The molecule has 1 aromatic carbocycles. The molecule has 0 saturated heterocycles. The van der Waals surface area contributed by atoms with E-state index < -0.39 is 0 Å². The molecule has 2 N–H and O–H groups in total. The summed E-state index contributed by atoms with van der Waals surface area (Å²) in [5.41, 5.74) is 3.32. The lowest BCUT2D eigenvalue weighted by atomic mass is 10.0. The largest absolute Gasteiger partial charge is 0.331 e. The summed E-state index contributed by atoms with van der Waals surface area (Å²) in [4.78, 5) is 24.2. The average molecular weight is 375 g/mol. The Balaban J connectivity index is 1.72. The normalized spacial score (nSPS) is 12.5. The number of pyridine rings is 1. The second kappa shape index (κ2) is 7.45. The fraction of sp³-hybridized carbons (Fsp3) is 0.278. The van der Waals surface area contributed by atoms with E-state index >= 15 is 0 Å². The number of nitrogens with one attached hydrogen (secondary N) is 2. The van der Waals surface area contributed by atoms with Crippen LogP contribution in [0.3, 0.4) is 0 Å². The van der Waals surface area contributed by atoms with Gasteiger partial charge >= 0.3 is 0 Å². The van der Waals surface area contributed by atoms with E-state index in [4.69, 9.17) is 11.6 Å². The van der Waals surface area contributed by atoms with Crippen LogP contribution in [0.2, 0.25) is 5.02 Å². The lowest BCUT2D eigenvalue weighted by Crippen LogP contribution is -2.23. The number of carbonyl (C=O) groups is 1. The fourth-order valence-corrected chi connectivity index (χ4v) is 3.44. The Morgan fingerprint density at radius 3 is 2.80 bits per heavy atom. The Bertz CT molecular complexity index is 909. The van der Waals surface area contributed by atoms with Crippen LogP contribution in [-0.2, 0) is 4.79 Å². The van der Waals surface area contributed by atoms with Crippen LogP contribution in [0, 0.1) is 0 Å². The van der Waals surface area contributed by atoms with Crippen LogP contribution >= 0.6 is 23.4 Å². The first-order valence-electron chi connectivity index (χ1n) is 8.01. The number of amides is 1. The number of rotatable bonds is 5. The van der Waals surface area contributed by atoms with Gasteiger partial charge < -0.3 is 10.3 Å². The molecule has 0 aliphatic carbocycles. The molecule has 2 heterocycles. The van der Waals surface area contributed by atoms with Crippen molar-refractivity contribution in [3.8, 4) is 0 Å². The molecule has 3 aromatic rings. The molecule has 0 radical (unpaired) electrons. The lowest BCUT2D eigenvalue weighted by molar-refractivity contribution is -0.115. The topological polar surface area (TPSA) is 70.7 Å². The van der Waals surface area contributed by atoms with Gasteiger partial charge in [-0.05, 0) is 30.5 Å². The van der Waals surface area contributed by atoms with E-state index in [0.29, 0.717) is 21.7 Å². The van der Waals surface area contributed by atoms with Gasteiger partial charge in [-0.2, -0.15) is 0 Å². The zero-order valence-corrected chi connectivity index (χ0v) is 15.8. The number of fused-ring (bicyclic) bond motifs is 1.